The molecular weight excluding hydrogens is 328 g/mol. The number of anilines is 2. The van der Waals surface area contributed by atoms with Gasteiger partial charge in [0, 0.05) is 29.4 Å². The first-order valence-corrected chi connectivity index (χ1v) is 8.37. The average molecular weight is 344 g/mol. The van der Waals surface area contributed by atoms with Crippen molar-refractivity contribution in [3.63, 3.8) is 0 Å². The SMILES string of the molecule is CCN(C(=O)c1cccc(Nc2nccs2)c1)C1CC(=O)NC1=O. The summed E-state index contributed by atoms with van der Waals surface area (Å²) in [5.41, 5.74) is 1.18. The second kappa shape index (κ2) is 6.79. The van der Waals surface area contributed by atoms with E-state index in [1.807, 2.05) is 11.4 Å². The lowest BCUT2D eigenvalue weighted by Gasteiger charge is -2.25. The summed E-state index contributed by atoms with van der Waals surface area (Å²) < 4.78 is 0. The van der Waals surface area contributed by atoms with Gasteiger partial charge in [-0.05, 0) is 25.1 Å². The Hall–Kier alpha value is -2.74. The second-order valence-electron chi connectivity index (χ2n) is 5.27. The van der Waals surface area contributed by atoms with E-state index in [0.29, 0.717) is 12.1 Å². The Balaban J connectivity index is 1.80. The van der Waals surface area contributed by atoms with Gasteiger partial charge in [0.1, 0.15) is 6.04 Å². The van der Waals surface area contributed by atoms with Gasteiger partial charge in [0.25, 0.3) is 5.91 Å². The fraction of sp³-hybridized carbons (Fsp3) is 0.250. The van der Waals surface area contributed by atoms with Crippen molar-refractivity contribution in [2.75, 3.05) is 11.9 Å². The Kier molecular flexibility index (Phi) is 4.57. The van der Waals surface area contributed by atoms with Gasteiger partial charge in [-0.2, -0.15) is 0 Å². The summed E-state index contributed by atoms with van der Waals surface area (Å²) in [7, 11) is 0. The maximum Gasteiger partial charge on any atom is 0.254 e. The largest absolute Gasteiger partial charge is 0.332 e. The van der Waals surface area contributed by atoms with Crippen molar-refractivity contribution < 1.29 is 14.4 Å². The number of benzene rings is 1. The summed E-state index contributed by atoms with van der Waals surface area (Å²) in [6.45, 7) is 2.12. The number of carbonyl (C=O) groups is 3. The Morgan fingerprint density at radius 1 is 1.46 bits per heavy atom. The van der Waals surface area contributed by atoms with Crippen LogP contribution in [0.5, 0.6) is 0 Å². The number of hydrogen-bond acceptors (Lipinski definition) is 6. The second-order valence-corrected chi connectivity index (χ2v) is 6.16. The number of imide groups is 1. The number of hydrogen-bond donors (Lipinski definition) is 2. The van der Waals surface area contributed by atoms with E-state index in [2.05, 4.69) is 15.6 Å². The van der Waals surface area contributed by atoms with Gasteiger partial charge in [0.15, 0.2) is 5.13 Å². The maximum atomic E-state index is 12.8. The molecule has 1 fully saturated rings. The minimum Gasteiger partial charge on any atom is -0.332 e. The molecule has 0 aliphatic carbocycles. The number of carbonyl (C=O) groups excluding carboxylic acids is 3. The van der Waals surface area contributed by atoms with Crippen molar-refractivity contribution in [2.24, 2.45) is 0 Å². The molecule has 0 spiro atoms. The van der Waals surface area contributed by atoms with E-state index in [4.69, 9.17) is 0 Å². The minimum atomic E-state index is -0.745. The Bertz CT molecular complexity index is 775. The Labute approximate surface area is 142 Å². The molecule has 3 rings (SSSR count). The number of nitrogens with one attached hydrogen (secondary N) is 2. The molecule has 3 amide bonds. The van der Waals surface area contributed by atoms with E-state index < -0.39 is 11.9 Å². The highest BCUT2D eigenvalue weighted by Gasteiger charge is 2.37. The third-order valence-electron chi connectivity index (χ3n) is 3.71. The zero-order valence-electron chi connectivity index (χ0n) is 13.0. The highest BCUT2D eigenvalue weighted by molar-refractivity contribution is 7.13. The molecule has 7 nitrogen and oxygen atoms in total. The molecule has 124 valence electrons. The molecule has 24 heavy (non-hydrogen) atoms. The molecule has 1 aromatic carbocycles. The van der Waals surface area contributed by atoms with Crippen LogP contribution in [0, 0.1) is 0 Å². The van der Waals surface area contributed by atoms with Gasteiger partial charge in [-0.1, -0.05) is 6.07 Å². The van der Waals surface area contributed by atoms with Gasteiger partial charge in [-0.25, -0.2) is 4.98 Å². The van der Waals surface area contributed by atoms with Gasteiger partial charge >= 0.3 is 0 Å². The van der Waals surface area contributed by atoms with Crippen LogP contribution in [0.4, 0.5) is 10.8 Å². The molecule has 1 saturated heterocycles. The molecule has 1 aliphatic heterocycles. The molecule has 8 heteroatoms. The normalized spacial score (nSPS) is 16.8. The number of nitrogens with zero attached hydrogens (tertiary/aromatic N) is 2. The summed E-state index contributed by atoms with van der Waals surface area (Å²) >= 11 is 1.46. The van der Waals surface area contributed by atoms with Crippen molar-refractivity contribution >= 4 is 39.9 Å². The molecule has 0 bridgehead atoms. The molecule has 1 unspecified atom stereocenters. The number of rotatable bonds is 5. The average Bonchev–Trinajstić information content (AvgIpc) is 3.18. The minimum absolute atomic E-state index is 0.00939. The monoisotopic (exact) mass is 344 g/mol. The van der Waals surface area contributed by atoms with Crippen LogP contribution >= 0.6 is 11.3 Å². The molecule has 1 aliphatic rings. The topological polar surface area (TPSA) is 91.4 Å². The summed E-state index contributed by atoms with van der Waals surface area (Å²) in [6, 6.07) is 6.25. The quantitative estimate of drug-likeness (QED) is 0.807. The third-order valence-corrected chi connectivity index (χ3v) is 4.40. The molecule has 1 atom stereocenters. The Morgan fingerprint density at radius 2 is 2.29 bits per heavy atom. The van der Waals surface area contributed by atoms with E-state index in [1.165, 1.54) is 16.2 Å². The van der Waals surface area contributed by atoms with Crippen molar-refractivity contribution in [3.8, 4) is 0 Å². The van der Waals surface area contributed by atoms with E-state index in [-0.39, 0.29) is 18.2 Å². The van der Waals surface area contributed by atoms with Gasteiger partial charge in [0.2, 0.25) is 11.8 Å². The van der Waals surface area contributed by atoms with Crippen molar-refractivity contribution in [1.82, 2.24) is 15.2 Å². The molecular formula is C16H16N4O3S. The number of thiazole rings is 1. The first-order chi connectivity index (χ1) is 11.6. The van der Waals surface area contributed by atoms with Crippen LogP contribution in [-0.2, 0) is 9.59 Å². The number of likely N-dealkylation sites (N-methyl/N-ethyl adjacent to an activating group) is 1. The van der Waals surface area contributed by atoms with Crippen LogP contribution in [0.2, 0.25) is 0 Å². The predicted octanol–water partition coefficient (Wildman–Crippen LogP) is 1.76. The zero-order chi connectivity index (χ0) is 17.1. The van der Waals surface area contributed by atoms with E-state index >= 15 is 0 Å². The van der Waals surface area contributed by atoms with E-state index in [9.17, 15) is 14.4 Å². The van der Waals surface area contributed by atoms with Crippen LogP contribution in [-0.4, -0.2) is 40.2 Å². The first-order valence-electron chi connectivity index (χ1n) is 7.49. The van der Waals surface area contributed by atoms with Gasteiger partial charge in [-0.3, -0.25) is 19.7 Å². The van der Waals surface area contributed by atoms with Gasteiger partial charge in [-0.15, -0.1) is 11.3 Å². The van der Waals surface area contributed by atoms with Crippen LogP contribution in [0.25, 0.3) is 0 Å². The van der Waals surface area contributed by atoms with Crippen molar-refractivity contribution in [1.29, 1.82) is 0 Å². The van der Waals surface area contributed by atoms with Gasteiger partial charge < -0.3 is 10.2 Å². The Morgan fingerprint density at radius 3 is 2.92 bits per heavy atom. The molecule has 0 radical (unpaired) electrons. The molecule has 2 N–H and O–H groups in total. The fourth-order valence-corrected chi connectivity index (χ4v) is 3.15. The summed E-state index contributed by atoms with van der Waals surface area (Å²) in [4.78, 5) is 41.6. The predicted molar refractivity (Wildman–Crippen MR) is 90.1 cm³/mol. The number of aromatic nitrogens is 1. The highest BCUT2D eigenvalue weighted by Crippen LogP contribution is 2.21. The smallest absolute Gasteiger partial charge is 0.254 e. The standard InChI is InChI=1S/C16H16N4O3S/c1-2-20(12-9-13(21)19-14(12)22)15(23)10-4-3-5-11(8-10)18-16-17-6-7-24-16/h3-8,12H,2,9H2,1H3,(H,17,18)(H,19,21,22). The first kappa shape index (κ1) is 16.1. The lowest BCUT2D eigenvalue weighted by Crippen LogP contribution is -2.44. The molecule has 0 saturated carbocycles. The molecule has 1 aromatic heterocycles. The number of amides is 3. The summed E-state index contributed by atoms with van der Waals surface area (Å²) in [5.74, 6) is -1.06. The third kappa shape index (κ3) is 3.28. The summed E-state index contributed by atoms with van der Waals surface area (Å²) in [6.07, 6.45) is 1.70. The summed E-state index contributed by atoms with van der Waals surface area (Å²) in [5, 5.41) is 7.95. The fourth-order valence-electron chi connectivity index (χ4n) is 2.60. The lowest BCUT2D eigenvalue weighted by molar-refractivity contribution is -0.126. The zero-order valence-corrected chi connectivity index (χ0v) is 13.8. The van der Waals surface area contributed by atoms with Crippen LogP contribution in [0.3, 0.4) is 0 Å². The van der Waals surface area contributed by atoms with Crippen molar-refractivity contribution in [3.05, 3.63) is 41.4 Å². The van der Waals surface area contributed by atoms with Crippen LogP contribution in [0.15, 0.2) is 35.8 Å². The van der Waals surface area contributed by atoms with Crippen molar-refractivity contribution in [2.45, 2.75) is 19.4 Å². The van der Waals surface area contributed by atoms with Crippen LogP contribution < -0.4 is 10.6 Å². The lowest BCUT2D eigenvalue weighted by atomic mass is 10.1. The van der Waals surface area contributed by atoms with Crippen LogP contribution in [0.1, 0.15) is 23.7 Å². The highest BCUT2D eigenvalue weighted by atomic mass is 32.1. The maximum absolute atomic E-state index is 12.8. The van der Waals surface area contributed by atoms with E-state index in [0.717, 1.165) is 10.8 Å². The molecule has 2 aromatic rings. The molecule has 2 heterocycles. The van der Waals surface area contributed by atoms with E-state index in [1.54, 1.807) is 31.3 Å². The van der Waals surface area contributed by atoms with Gasteiger partial charge in [0.05, 0.1) is 6.42 Å².